The minimum absolute atomic E-state index is 0.180. The van der Waals surface area contributed by atoms with Crippen LogP contribution in [-0.4, -0.2) is 43.0 Å². The molecule has 0 saturated heterocycles. The fourth-order valence-corrected chi connectivity index (χ4v) is 2.18. The van der Waals surface area contributed by atoms with E-state index in [1.165, 1.54) is 0 Å². The molecule has 1 atom stereocenters. The van der Waals surface area contributed by atoms with Gasteiger partial charge in [0.05, 0.1) is 6.04 Å². The molecule has 0 aromatic heterocycles. The molecule has 4 heteroatoms. The molecule has 102 valence electrons. The van der Waals surface area contributed by atoms with Crippen molar-refractivity contribution in [1.82, 2.24) is 10.2 Å². The monoisotopic (exact) mass is 243 g/mol. The van der Waals surface area contributed by atoms with Crippen LogP contribution in [0.5, 0.6) is 0 Å². The first kappa shape index (κ1) is 16.4. The summed E-state index contributed by atoms with van der Waals surface area (Å²) >= 11 is 0. The Labute approximate surface area is 106 Å². The quantitative estimate of drug-likeness (QED) is 0.606. The van der Waals surface area contributed by atoms with Gasteiger partial charge in [-0.3, -0.25) is 4.79 Å². The van der Waals surface area contributed by atoms with Gasteiger partial charge in [0.15, 0.2) is 0 Å². The maximum Gasteiger partial charge on any atom is 0.234 e. The number of hydrogen-bond donors (Lipinski definition) is 2. The second kappa shape index (κ2) is 9.42. The molecule has 0 heterocycles. The fourth-order valence-electron chi connectivity index (χ4n) is 2.18. The van der Waals surface area contributed by atoms with Crippen molar-refractivity contribution in [2.45, 2.75) is 46.6 Å². The standard InChI is InChI=1S/C13H29N3O/c1-5-11(6-2)12(13(14)17)15-9-10-16(7-3)8-4/h11-12,15H,5-10H2,1-4H3,(H2,14,17). The molecule has 0 rings (SSSR count). The predicted molar refractivity (Wildman–Crippen MR) is 72.8 cm³/mol. The molecule has 0 aliphatic heterocycles. The summed E-state index contributed by atoms with van der Waals surface area (Å²) in [5, 5.41) is 3.30. The molecule has 0 aromatic carbocycles. The molecule has 0 spiro atoms. The molecule has 4 nitrogen and oxygen atoms in total. The number of primary amides is 1. The summed E-state index contributed by atoms with van der Waals surface area (Å²) in [7, 11) is 0. The van der Waals surface area contributed by atoms with Crippen molar-refractivity contribution in [3.05, 3.63) is 0 Å². The Morgan fingerprint density at radius 2 is 1.71 bits per heavy atom. The van der Waals surface area contributed by atoms with Crippen LogP contribution < -0.4 is 11.1 Å². The van der Waals surface area contributed by atoms with Gasteiger partial charge in [-0.1, -0.05) is 40.5 Å². The van der Waals surface area contributed by atoms with E-state index in [1.807, 2.05) is 0 Å². The molecule has 0 radical (unpaired) electrons. The molecule has 3 N–H and O–H groups in total. The first-order chi connectivity index (χ1) is 8.10. The second-order valence-corrected chi connectivity index (χ2v) is 4.44. The van der Waals surface area contributed by atoms with E-state index < -0.39 is 0 Å². The Bertz CT molecular complexity index is 201. The van der Waals surface area contributed by atoms with Crippen molar-refractivity contribution in [2.24, 2.45) is 11.7 Å². The SMILES string of the molecule is CCC(CC)C(NCCN(CC)CC)C(N)=O. The minimum Gasteiger partial charge on any atom is -0.368 e. The lowest BCUT2D eigenvalue weighted by Crippen LogP contribution is -2.48. The maximum absolute atomic E-state index is 11.4. The van der Waals surface area contributed by atoms with Gasteiger partial charge in [0.2, 0.25) is 5.91 Å². The number of rotatable bonds is 10. The van der Waals surface area contributed by atoms with Crippen LogP contribution in [0.2, 0.25) is 0 Å². The summed E-state index contributed by atoms with van der Waals surface area (Å²) in [6, 6.07) is -0.180. The van der Waals surface area contributed by atoms with Crippen LogP contribution in [0.15, 0.2) is 0 Å². The van der Waals surface area contributed by atoms with E-state index in [-0.39, 0.29) is 11.9 Å². The van der Waals surface area contributed by atoms with Gasteiger partial charge in [0.1, 0.15) is 0 Å². The highest BCUT2D eigenvalue weighted by Crippen LogP contribution is 2.12. The summed E-state index contributed by atoms with van der Waals surface area (Å²) in [6.07, 6.45) is 1.98. The number of hydrogen-bond acceptors (Lipinski definition) is 3. The highest BCUT2D eigenvalue weighted by molar-refractivity contribution is 5.80. The molecule has 1 amide bonds. The summed E-state index contributed by atoms with van der Waals surface area (Å²) in [5.41, 5.74) is 5.46. The van der Waals surface area contributed by atoms with Crippen LogP contribution in [0.3, 0.4) is 0 Å². The first-order valence-electron chi connectivity index (χ1n) is 6.85. The van der Waals surface area contributed by atoms with Gasteiger partial charge in [-0.25, -0.2) is 0 Å². The lowest BCUT2D eigenvalue weighted by atomic mass is 9.93. The van der Waals surface area contributed by atoms with Crippen LogP contribution in [-0.2, 0) is 4.79 Å². The zero-order valence-corrected chi connectivity index (χ0v) is 11.8. The van der Waals surface area contributed by atoms with E-state index in [4.69, 9.17) is 5.73 Å². The van der Waals surface area contributed by atoms with Crippen molar-refractivity contribution in [3.63, 3.8) is 0 Å². The topological polar surface area (TPSA) is 58.4 Å². The summed E-state index contributed by atoms with van der Waals surface area (Å²) in [6.45, 7) is 12.4. The number of carbonyl (C=O) groups excluding carboxylic acids is 1. The van der Waals surface area contributed by atoms with E-state index >= 15 is 0 Å². The van der Waals surface area contributed by atoms with Crippen LogP contribution in [0.1, 0.15) is 40.5 Å². The molecule has 0 aromatic rings. The van der Waals surface area contributed by atoms with Crippen LogP contribution >= 0.6 is 0 Å². The van der Waals surface area contributed by atoms with Gasteiger partial charge in [-0.05, 0) is 19.0 Å². The third kappa shape index (κ3) is 6.03. The smallest absolute Gasteiger partial charge is 0.234 e. The first-order valence-corrected chi connectivity index (χ1v) is 6.85. The molecule has 0 bridgehead atoms. The second-order valence-electron chi connectivity index (χ2n) is 4.44. The van der Waals surface area contributed by atoms with E-state index in [2.05, 4.69) is 37.9 Å². The number of nitrogens with one attached hydrogen (secondary N) is 1. The summed E-state index contributed by atoms with van der Waals surface area (Å²) in [4.78, 5) is 13.8. The largest absolute Gasteiger partial charge is 0.368 e. The average molecular weight is 243 g/mol. The Morgan fingerprint density at radius 3 is 2.06 bits per heavy atom. The lowest BCUT2D eigenvalue weighted by molar-refractivity contribution is -0.121. The van der Waals surface area contributed by atoms with Crippen molar-refractivity contribution < 1.29 is 4.79 Å². The average Bonchev–Trinajstić information content (AvgIpc) is 2.33. The predicted octanol–water partition coefficient (Wildman–Crippen LogP) is 1.21. The lowest BCUT2D eigenvalue weighted by Gasteiger charge is -2.25. The van der Waals surface area contributed by atoms with Crippen LogP contribution in [0.25, 0.3) is 0 Å². The van der Waals surface area contributed by atoms with Gasteiger partial charge in [-0.15, -0.1) is 0 Å². The highest BCUT2D eigenvalue weighted by atomic mass is 16.1. The van der Waals surface area contributed by atoms with E-state index in [0.717, 1.165) is 39.0 Å². The van der Waals surface area contributed by atoms with Crippen molar-refractivity contribution in [1.29, 1.82) is 0 Å². The highest BCUT2D eigenvalue weighted by Gasteiger charge is 2.22. The normalized spacial score (nSPS) is 13.3. The van der Waals surface area contributed by atoms with Gasteiger partial charge in [0.25, 0.3) is 0 Å². The molecule has 0 aliphatic rings. The summed E-state index contributed by atoms with van der Waals surface area (Å²) in [5.74, 6) is 0.127. The number of likely N-dealkylation sites (N-methyl/N-ethyl adjacent to an activating group) is 1. The number of carbonyl (C=O) groups is 1. The Hall–Kier alpha value is -0.610. The third-order valence-electron chi connectivity index (χ3n) is 3.51. The van der Waals surface area contributed by atoms with Crippen LogP contribution in [0.4, 0.5) is 0 Å². The van der Waals surface area contributed by atoms with Gasteiger partial charge >= 0.3 is 0 Å². The molecule has 17 heavy (non-hydrogen) atoms. The zero-order valence-electron chi connectivity index (χ0n) is 11.8. The molecular formula is C13H29N3O. The Kier molecular flexibility index (Phi) is 9.09. The van der Waals surface area contributed by atoms with E-state index in [1.54, 1.807) is 0 Å². The number of amides is 1. The Morgan fingerprint density at radius 1 is 1.18 bits per heavy atom. The maximum atomic E-state index is 11.4. The van der Waals surface area contributed by atoms with Gasteiger partial charge < -0.3 is 16.0 Å². The Balaban J connectivity index is 4.13. The number of nitrogens with two attached hydrogens (primary N) is 1. The summed E-state index contributed by atoms with van der Waals surface area (Å²) < 4.78 is 0. The van der Waals surface area contributed by atoms with Crippen molar-refractivity contribution in [3.8, 4) is 0 Å². The third-order valence-corrected chi connectivity index (χ3v) is 3.51. The zero-order chi connectivity index (χ0) is 13.3. The van der Waals surface area contributed by atoms with Crippen molar-refractivity contribution >= 4 is 5.91 Å². The van der Waals surface area contributed by atoms with E-state index in [9.17, 15) is 4.79 Å². The molecular weight excluding hydrogens is 214 g/mol. The molecule has 0 saturated carbocycles. The number of nitrogens with zero attached hydrogens (tertiary/aromatic N) is 1. The van der Waals surface area contributed by atoms with Gasteiger partial charge in [-0.2, -0.15) is 0 Å². The molecule has 0 aliphatic carbocycles. The fraction of sp³-hybridized carbons (Fsp3) is 0.923. The minimum atomic E-state index is -0.224. The van der Waals surface area contributed by atoms with Gasteiger partial charge in [0, 0.05) is 13.1 Å². The molecule has 1 unspecified atom stereocenters. The van der Waals surface area contributed by atoms with E-state index in [0.29, 0.717) is 5.92 Å². The van der Waals surface area contributed by atoms with Crippen molar-refractivity contribution in [2.75, 3.05) is 26.2 Å². The molecule has 0 fully saturated rings. The van der Waals surface area contributed by atoms with Crippen LogP contribution in [0, 0.1) is 5.92 Å².